The van der Waals surface area contributed by atoms with Crippen molar-refractivity contribution in [2.75, 3.05) is 6.54 Å². The highest BCUT2D eigenvalue weighted by Crippen LogP contribution is 2.54. The lowest BCUT2D eigenvalue weighted by Crippen LogP contribution is -2.33. The fraction of sp³-hybridized carbons (Fsp3) is 0.462. The second-order valence-electron chi connectivity index (χ2n) is 4.90. The summed E-state index contributed by atoms with van der Waals surface area (Å²) < 4.78 is 0. The Morgan fingerprint density at radius 1 is 1.31 bits per heavy atom. The van der Waals surface area contributed by atoms with Crippen LogP contribution in [-0.4, -0.2) is 22.3 Å². The van der Waals surface area contributed by atoms with Gasteiger partial charge in [-0.15, -0.1) is 0 Å². The van der Waals surface area contributed by atoms with E-state index in [1.165, 1.54) is 5.56 Å². The Kier molecular flexibility index (Phi) is 2.21. The molecule has 1 atom stereocenters. The van der Waals surface area contributed by atoms with Gasteiger partial charge in [0.05, 0.1) is 0 Å². The highest BCUT2D eigenvalue weighted by atomic mass is 35.5. The lowest BCUT2D eigenvalue weighted by molar-refractivity contribution is 0.211. The number of carbonyl (C=O) groups excluding carboxylic acids is 1. The van der Waals surface area contributed by atoms with E-state index in [0.29, 0.717) is 5.92 Å². The highest BCUT2D eigenvalue weighted by molar-refractivity contribution is 6.63. The van der Waals surface area contributed by atoms with E-state index < -0.39 is 0 Å². The summed E-state index contributed by atoms with van der Waals surface area (Å²) in [5.74, 6) is 0.464. The van der Waals surface area contributed by atoms with E-state index in [9.17, 15) is 4.79 Å². The summed E-state index contributed by atoms with van der Waals surface area (Å²) in [5, 5.41) is -0.282. The van der Waals surface area contributed by atoms with Crippen molar-refractivity contribution in [2.24, 2.45) is 0 Å². The second kappa shape index (κ2) is 3.49. The Hall–Kier alpha value is -1.02. The van der Waals surface area contributed by atoms with Crippen LogP contribution in [0.2, 0.25) is 0 Å². The van der Waals surface area contributed by atoms with Gasteiger partial charge in [-0.1, -0.05) is 30.3 Å². The largest absolute Gasteiger partial charge is 0.323 e. The minimum absolute atomic E-state index is 0.110. The summed E-state index contributed by atoms with van der Waals surface area (Å²) in [4.78, 5) is 13.2. The molecule has 1 amide bonds. The molecule has 0 unspecified atom stereocenters. The minimum Gasteiger partial charge on any atom is -0.323 e. The Labute approximate surface area is 100 Å². The second-order valence-corrected chi connectivity index (χ2v) is 5.22. The van der Waals surface area contributed by atoms with E-state index in [0.717, 1.165) is 25.8 Å². The number of amides is 1. The molecule has 1 spiro atoms. The van der Waals surface area contributed by atoms with Gasteiger partial charge in [-0.2, -0.15) is 0 Å². The maximum atomic E-state index is 11.4. The predicted octanol–water partition coefficient (Wildman–Crippen LogP) is 3.37. The van der Waals surface area contributed by atoms with Crippen molar-refractivity contribution in [1.82, 2.24) is 4.90 Å². The maximum absolute atomic E-state index is 11.4. The molecule has 2 fully saturated rings. The van der Waals surface area contributed by atoms with Gasteiger partial charge in [0.15, 0.2) is 0 Å². The molecule has 1 saturated heterocycles. The first-order valence-corrected chi connectivity index (χ1v) is 6.11. The van der Waals surface area contributed by atoms with E-state index in [1.807, 2.05) is 11.0 Å². The zero-order chi connectivity index (χ0) is 11.2. The van der Waals surface area contributed by atoms with Crippen LogP contribution in [0.4, 0.5) is 4.79 Å². The molecule has 0 N–H and O–H groups in total. The lowest BCUT2D eigenvalue weighted by atomic mass is 9.96. The van der Waals surface area contributed by atoms with Crippen molar-refractivity contribution in [3.05, 3.63) is 35.9 Å². The summed E-state index contributed by atoms with van der Waals surface area (Å²) >= 11 is 5.65. The summed E-state index contributed by atoms with van der Waals surface area (Å²) in [6.07, 6.45) is 3.32. The third kappa shape index (κ3) is 1.52. The highest BCUT2D eigenvalue weighted by Gasteiger charge is 2.55. The number of carbonyl (C=O) groups is 1. The summed E-state index contributed by atoms with van der Waals surface area (Å²) in [6, 6.07) is 10.4. The van der Waals surface area contributed by atoms with Gasteiger partial charge in [0, 0.05) is 18.0 Å². The van der Waals surface area contributed by atoms with Crippen LogP contribution >= 0.6 is 11.6 Å². The molecular formula is C13H14ClNO. The van der Waals surface area contributed by atoms with E-state index in [2.05, 4.69) is 24.3 Å². The van der Waals surface area contributed by atoms with E-state index >= 15 is 0 Å². The molecule has 1 aromatic rings. The fourth-order valence-corrected chi connectivity index (χ4v) is 3.12. The molecule has 0 radical (unpaired) electrons. The lowest BCUT2D eigenvalue weighted by Gasteiger charge is -2.20. The summed E-state index contributed by atoms with van der Waals surface area (Å²) in [5.41, 5.74) is 1.44. The van der Waals surface area contributed by atoms with Gasteiger partial charge in [-0.25, -0.2) is 0 Å². The van der Waals surface area contributed by atoms with Gasteiger partial charge in [0.2, 0.25) is 0 Å². The molecule has 2 aliphatic rings. The molecule has 16 heavy (non-hydrogen) atoms. The van der Waals surface area contributed by atoms with E-state index in [4.69, 9.17) is 11.6 Å². The molecule has 3 heteroatoms. The number of hydrogen-bond donors (Lipinski definition) is 0. The molecule has 2 nitrogen and oxygen atoms in total. The van der Waals surface area contributed by atoms with Crippen LogP contribution in [0, 0.1) is 0 Å². The molecule has 0 aromatic heterocycles. The molecule has 1 aliphatic heterocycles. The van der Waals surface area contributed by atoms with Crippen molar-refractivity contribution in [3.8, 4) is 0 Å². The van der Waals surface area contributed by atoms with Crippen molar-refractivity contribution in [1.29, 1.82) is 0 Å². The Morgan fingerprint density at radius 2 is 2.00 bits per heavy atom. The predicted molar refractivity (Wildman–Crippen MR) is 63.7 cm³/mol. The summed E-state index contributed by atoms with van der Waals surface area (Å²) in [6.45, 7) is 0.784. The molecule has 1 saturated carbocycles. The fourth-order valence-electron chi connectivity index (χ4n) is 2.87. The van der Waals surface area contributed by atoms with Crippen LogP contribution in [0.15, 0.2) is 30.3 Å². The van der Waals surface area contributed by atoms with Crippen LogP contribution < -0.4 is 0 Å². The molecule has 3 rings (SSSR count). The average Bonchev–Trinajstić information content (AvgIpc) is 2.92. The molecule has 1 aliphatic carbocycles. The number of rotatable bonds is 1. The topological polar surface area (TPSA) is 20.3 Å². The van der Waals surface area contributed by atoms with Crippen molar-refractivity contribution < 1.29 is 4.79 Å². The SMILES string of the molecule is O=C(Cl)N1C[C@H](c2ccccc2)CC12CC2. The quantitative estimate of drug-likeness (QED) is 0.540. The number of hydrogen-bond acceptors (Lipinski definition) is 1. The van der Waals surface area contributed by atoms with Crippen LogP contribution in [0.1, 0.15) is 30.7 Å². The van der Waals surface area contributed by atoms with Gasteiger partial charge in [-0.3, -0.25) is 4.79 Å². The monoisotopic (exact) mass is 235 g/mol. The van der Waals surface area contributed by atoms with E-state index in [-0.39, 0.29) is 10.9 Å². The standard InChI is InChI=1S/C13H14ClNO/c14-12(16)15-9-11(8-13(15)6-7-13)10-4-2-1-3-5-10/h1-5,11H,6-9H2/t11-/m1/s1. The zero-order valence-corrected chi connectivity index (χ0v) is 9.78. The minimum atomic E-state index is -0.282. The number of benzene rings is 1. The summed E-state index contributed by atoms with van der Waals surface area (Å²) in [7, 11) is 0. The molecular weight excluding hydrogens is 222 g/mol. The third-order valence-electron chi connectivity index (χ3n) is 3.91. The van der Waals surface area contributed by atoms with Gasteiger partial charge in [0.25, 0.3) is 0 Å². The smallest absolute Gasteiger partial charge is 0.316 e. The number of nitrogens with zero attached hydrogens (tertiary/aromatic N) is 1. The van der Waals surface area contributed by atoms with Gasteiger partial charge in [-0.05, 0) is 36.4 Å². The first kappa shape index (κ1) is 10.2. The van der Waals surface area contributed by atoms with Crippen LogP contribution in [0.3, 0.4) is 0 Å². The molecule has 0 bridgehead atoms. The molecule has 1 heterocycles. The first-order chi connectivity index (χ1) is 7.71. The van der Waals surface area contributed by atoms with Gasteiger partial charge < -0.3 is 4.90 Å². The molecule has 1 aromatic carbocycles. The van der Waals surface area contributed by atoms with Crippen molar-refractivity contribution in [3.63, 3.8) is 0 Å². The number of halogens is 1. The van der Waals surface area contributed by atoms with E-state index in [1.54, 1.807) is 0 Å². The van der Waals surface area contributed by atoms with Gasteiger partial charge >= 0.3 is 5.37 Å². The first-order valence-electron chi connectivity index (χ1n) is 5.73. The van der Waals surface area contributed by atoms with Crippen LogP contribution in [0.25, 0.3) is 0 Å². The van der Waals surface area contributed by atoms with Crippen molar-refractivity contribution in [2.45, 2.75) is 30.7 Å². The third-order valence-corrected chi connectivity index (χ3v) is 4.12. The van der Waals surface area contributed by atoms with Crippen LogP contribution in [0.5, 0.6) is 0 Å². The normalized spacial score (nSPS) is 26.1. The maximum Gasteiger partial charge on any atom is 0.316 e. The molecule has 84 valence electrons. The van der Waals surface area contributed by atoms with Crippen LogP contribution in [-0.2, 0) is 0 Å². The van der Waals surface area contributed by atoms with Crippen molar-refractivity contribution >= 4 is 17.0 Å². The zero-order valence-electron chi connectivity index (χ0n) is 9.03. The van der Waals surface area contributed by atoms with Gasteiger partial charge in [0.1, 0.15) is 0 Å². The Balaban J connectivity index is 1.84. The average molecular weight is 236 g/mol. The Morgan fingerprint density at radius 3 is 2.50 bits per heavy atom. The Bertz CT molecular complexity index is 413. The number of likely N-dealkylation sites (tertiary alicyclic amines) is 1.